The Balaban J connectivity index is 0.981. The third-order valence-corrected chi connectivity index (χ3v) is 21.9. The second kappa shape index (κ2) is 51.1. The summed E-state index contributed by atoms with van der Waals surface area (Å²) < 4.78 is 120. The highest BCUT2D eigenvalue weighted by Gasteiger charge is 2.58. The van der Waals surface area contributed by atoms with Crippen LogP contribution < -0.4 is 0 Å². The highest BCUT2D eigenvalue weighted by Crippen LogP contribution is 2.42. The fourth-order valence-electron chi connectivity index (χ4n) is 14.9. The molecule has 14 rings (SSSR count). The van der Waals surface area contributed by atoms with E-state index in [-0.39, 0.29) is 84.1 Å². The van der Waals surface area contributed by atoms with Crippen LogP contribution in [0.1, 0.15) is 133 Å². The molecule has 708 valence electrons. The first-order valence-electron chi connectivity index (χ1n) is 44.6. The van der Waals surface area contributed by atoms with E-state index < -0.39 is 184 Å². The molecule has 15 atom stereocenters. The Kier molecular flexibility index (Phi) is 36.7. The molecule has 0 radical (unpaired) electrons. The molecule has 3 aliphatic rings. The number of aliphatic hydroxyl groups is 3. The van der Waals surface area contributed by atoms with Gasteiger partial charge in [0.15, 0.2) is 53.7 Å². The van der Waals surface area contributed by atoms with Gasteiger partial charge in [-0.3, -0.25) is 0 Å². The summed E-state index contributed by atoms with van der Waals surface area (Å²) in [7, 11) is 0. The summed E-state index contributed by atoms with van der Waals surface area (Å²) in [6, 6.07) is 89.2. The van der Waals surface area contributed by atoms with E-state index in [1.807, 2.05) is 0 Å². The second-order valence-electron chi connectivity index (χ2n) is 31.5. The number of hydrogen-bond donors (Lipinski definition) is 3. The van der Waals surface area contributed by atoms with E-state index in [2.05, 4.69) is 10.0 Å². The molecule has 3 fully saturated rings. The zero-order valence-corrected chi connectivity index (χ0v) is 74.2. The molecular weight excluding hydrogens is 1760 g/mol. The first kappa shape index (κ1) is 98.3. The molecule has 0 saturated carbocycles. The van der Waals surface area contributed by atoms with E-state index in [0.717, 1.165) is 0 Å². The minimum Gasteiger partial charge on any atom is -0.484 e. The smallest absolute Gasteiger partial charge is 0.338 e. The summed E-state index contributed by atoms with van der Waals surface area (Å²) in [5.41, 5.74) is 11.3. The van der Waals surface area contributed by atoms with E-state index in [0.29, 0.717) is 41.5 Å². The molecule has 0 aliphatic carbocycles. The van der Waals surface area contributed by atoms with Gasteiger partial charge in [-0.15, -0.1) is 0 Å². The van der Waals surface area contributed by atoms with Crippen LogP contribution in [-0.2, 0) is 105 Å². The number of carbonyl (C=O) groups is 7. The minimum atomic E-state index is -2.75. The number of benzene rings is 11. The molecular formula is C106H101N3O28. The summed E-state index contributed by atoms with van der Waals surface area (Å²) >= 11 is 0. The van der Waals surface area contributed by atoms with E-state index in [9.17, 15) is 39.3 Å². The Labute approximate surface area is 789 Å². The predicted octanol–water partition coefficient (Wildman–Crippen LogP) is 16.2. The SMILES string of the molecule is [N-]=[N+]=NCCCCCOC(O)/C(OCc1ccccc1)=C(\OC1OC([C@@H](COC(=O)c2ccccc2)OC(=O)c2ccccc2)C(OC(O)/C(OCc2ccccc2)=C(\OC2OC([C@@H](COC(=O)c3ccccc3)OC(=O)c3ccccc3)C(O)C2OC(=O)c2ccccc2)C(CCOC(=O)c2ccccc2)OCc2ccccc2)C1OC(=O)c1ccccc1)C1CCOC(c2ccccc2)O1. The lowest BCUT2D eigenvalue weighted by atomic mass is 10.0. The Hall–Kier alpha value is -14.7. The first-order chi connectivity index (χ1) is 67.1. The highest BCUT2D eigenvalue weighted by molar-refractivity contribution is 5.93. The zero-order valence-electron chi connectivity index (χ0n) is 74.2. The summed E-state index contributed by atoms with van der Waals surface area (Å²) in [5.74, 6) is -9.06. The van der Waals surface area contributed by atoms with Crippen LogP contribution in [0.3, 0.4) is 0 Å². The maximum absolute atomic E-state index is 15.7. The second-order valence-corrected chi connectivity index (χ2v) is 31.5. The molecule has 3 heterocycles. The largest absolute Gasteiger partial charge is 0.484 e. The summed E-state index contributed by atoms with van der Waals surface area (Å²) in [4.78, 5) is 106. The number of esters is 7. The Morgan fingerprint density at radius 1 is 0.380 bits per heavy atom. The lowest BCUT2D eigenvalue weighted by molar-refractivity contribution is -0.234. The van der Waals surface area contributed by atoms with Crippen molar-refractivity contribution in [2.45, 2.75) is 144 Å². The van der Waals surface area contributed by atoms with Crippen molar-refractivity contribution >= 4 is 41.8 Å². The predicted molar refractivity (Wildman–Crippen MR) is 490 cm³/mol. The fourth-order valence-corrected chi connectivity index (χ4v) is 14.9. The maximum Gasteiger partial charge on any atom is 0.338 e. The monoisotopic (exact) mass is 1860 g/mol. The zero-order chi connectivity index (χ0) is 95.3. The van der Waals surface area contributed by atoms with Crippen molar-refractivity contribution in [2.75, 3.05) is 39.6 Å². The Morgan fingerprint density at radius 2 is 0.781 bits per heavy atom. The topological polar surface area (TPSA) is 395 Å². The van der Waals surface area contributed by atoms with Crippen LogP contribution in [0, 0.1) is 0 Å². The molecule has 0 spiro atoms. The van der Waals surface area contributed by atoms with Gasteiger partial charge >= 0.3 is 41.8 Å². The number of nitrogens with zero attached hydrogens (tertiary/aromatic N) is 3. The van der Waals surface area contributed by atoms with Crippen LogP contribution in [0.2, 0.25) is 0 Å². The number of azide groups is 1. The molecule has 0 amide bonds. The van der Waals surface area contributed by atoms with Crippen LogP contribution in [0.25, 0.3) is 10.4 Å². The van der Waals surface area contributed by atoms with Gasteiger partial charge in [-0.05, 0) is 120 Å². The average Bonchev–Trinajstić information content (AvgIpc) is 1.63. The number of hydrogen-bond acceptors (Lipinski definition) is 29. The lowest BCUT2D eigenvalue weighted by Gasteiger charge is -2.35. The molecule has 137 heavy (non-hydrogen) atoms. The van der Waals surface area contributed by atoms with Gasteiger partial charge in [0.1, 0.15) is 63.1 Å². The van der Waals surface area contributed by atoms with Gasteiger partial charge in [-0.2, -0.15) is 0 Å². The molecule has 11 aromatic carbocycles. The van der Waals surface area contributed by atoms with Crippen LogP contribution in [0.5, 0.6) is 0 Å². The van der Waals surface area contributed by atoms with Crippen LogP contribution in [0.15, 0.2) is 362 Å². The molecule has 31 heteroatoms. The lowest BCUT2D eigenvalue weighted by Crippen LogP contribution is -2.48. The fraction of sp³-hybridized carbons (Fsp3) is 0.274. The number of ether oxygens (including phenoxy) is 18. The van der Waals surface area contributed by atoms with Crippen molar-refractivity contribution in [3.05, 3.63) is 428 Å². The minimum absolute atomic E-state index is 0.0101. The van der Waals surface area contributed by atoms with Gasteiger partial charge in [0.25, 0.3) is 0 Å². The number of unbranched alkanes of at least 4 members (excludes halogenated alkanes) is 2. The van der Waals surface area contributed by atoms with Crippen LogP contribution in [0.4, 0.5) is 0 Å². The third kappa shape index (κ3) is 28.2. The molecule has 3 saturated heterocycles. The maximum atomic E-state index is 15.7. The molecule has 31 nitrogen and oxygen atoms in total. The number of carbonyl (C=O) groups excluding carboxylic acids is 7. The number of rotatable bonds is 47. The average molecular weight is 1860 g/mol. The van der Waals surface area contributed by atoms with Crippen molar-refractivity contribution < 1.29 is 134 Å². The van der Waals surface area contributed by atoms with Crippen LogP contribution >= 0.6 is 0 Å². The van der Waals surface area contributed by atoms with Gasteiger partial charge in [-0.25, -0.2) is 33.6 Å². The van der Waals surface area contributed by atoms with Gasteiger partial charge in [0, 0.05) is 29.9 Å². The van der Waals surface area contributed by atoms with Gasteiger partial charge < -0.3 is 101 Å². The van der Waals surface area contributed by atoms with Crippen molar-refractivity contribution in [1.82, 2.24) is 0 Å². The van der Waals surface area contributed by atoms with Crippen LogP contribution in [-0.4, -0.2) is 183 Å². The normalized spacial score (nSPS) is 19.8. The molecule has 11 aromatic rings. The first-order valence-corrected chi connectivity index (χ1v) is 44.6. The van der Waals surface area contributed by atoms with Crippen molar-refractivity contribution in [3.8, 4) is 0 Å². The summed E-state index contributed by atoms with van der Waals surface area (Å²) in [6.07, 6.45) is -29.0. The van der Waals surface area contributed by atoms with Gasteiger partial charge in [0.05, 0.1) is 65.4 Å². The van der Waals surface area contributed by atoms with Gasteiger partial charge in [0.2, 0.25) is 25.2 Å². The molecule has 0 bridgehead atoms. The quantitative estimate of drug-likeness (QED) is 0.00466. The van der Waals surface area contributed by atoms with Crippen molar-refractivity contribution in [2.24, 2.45) is 5.11 Å². The van der Waals surface area contributed by atoms with E-state index in [1.165, 1.54) is 84.9 Å². The third-order valence-electron chi connectivity index (χ3n) is 21.9. The molecule has 13 unspecified atom stereocenters. The number of aliphatic hydroxyl groups excluding tert-OH is 3. The Morgan fingerprint density at radius 3 is 1.26 bits per heavy atom. The molecule has 0 aromatic heterocycles. The Bertz CT molecular complexity index is 5770. The van der Waals surface area contributed by atoms with Gasteiger partial charge in [-0.1, -0.05) is 260 Å². The summed E-state index contributed by atoms with van der Waals surface area (Å²) in [6.45, 7) is -3.42. The standard InChI is InChI=1S/C106H101N3O28/c107-109-108-61-35-12-36-62-120-102(118)92(124-66-71-39-15-2-16-40-71)88(82-60-64-122-104(130-82)80-57-33-11-34-58-80)136-106-94(133-101(117)79-55-31-10-32-56-79)91(89(137-106)84(129-99(115)77-51-27-8-28-52-77)69-127-97(113)75-47-23-6-24-48-75)132-103(119)93(125-67-72-41-17-3-18-42-72)87(81(123-65-70-37-13-1-14-38-70)59-63-121-95(111)73-43-19-4-20-44-73)135-105-90(131-100(116)78-53-29-9-30-54-78)85(110)86(134-105)83(128-98(114)76-49-25-7-26-50-76)68-126-96(112)74-45-21-5-22-46-74/h1-11,13-34,37-58,81-86,89-91,94,102-106,110,118-119H,12,35-36,59-69H2/b92-88+,93-87+/t81?,82?,83-,84-,85?,86?,89?,90?,91?,94?,102?,103?,104?,105?,106?/m1/s1. The molecule has 3 N–H and O–H groups in total. The van der Waals surface area contributed by atoms with Crippen molar-refractivity contribution in [3.63, 3.8) is 0 Å². The van der Waals surface area contributed by atoms with E-state index in [1.54, 1.807) is 249 Å². The summed E-state index contributed by atoms with van der Waals surface area (Å²) in [5, 5.41) is 44.2. The van der Waals surface area contributed by atoms with Crippen molar-refractivity contribution in [1.29, 1.82) is 0 Å². The van der Waals surface area contributed by atoms with E-state index >= 15 is 9.59 Å². The highest BCUT2D eigenvalue weighted by atomic mass is 16.8. The van der Waals surface area contributed by atoms with E-state index in [4.69, 9.17) is 90.8 Å². The molecule has 3 aliphatic heterocycles.